The lowest BCUT2D eigenvalue weighted by atomic mass is 9.90. The quantitative estimate of drug-likeness (QED) is 0.766. The van der Waals surface area contributed by atoms with Crippen LogP contribution in [0.4, 0.5) is 5.69 Å². The van der Waals surface area contributed by atoms with Crippen molar-refractivity contribution in [3.05, 3.63) is 29.8 Å². The zero-order valence-electron chi connectivity index (χ0n) is 9.03. The first-order valence-electron chi connectivity index (χ1n) is 5.18. The predicted octanol–water partition coefficient (Wildman–Crippen LogP) is 1.82. The second-order valence-corrected chi connectivity index (χ2v) is 4.54. The second kappa shape index (κ2) is 4.21. The van der Waals surface area contributed by atoms with Crippen molar-refractivity contribution in [3.63, 3.8) is 0 Å². The van der Waals surface area contributed by atoms with Gasteiger partial charge in [-0.25, -0.2) is 0 Å². The average Bonchev–Trinajstić information content (AvgIpc) is 2.15. The summed E-state index contributed by atoms with van der Waals surface area (Å²) in [6.07, 6.45) is 0. The number of hydrogen-bond donors (Lipinski definition) is 1. The van der Waals surface area contributed by atoms with E-state index in [1.165, 1.54) is 0 Å². The Morgan fingerprint density at radius 3 is 2.87 bits per heavy atom. The molecule has 2 rings (SSSR count). The van der Waals surface area contributed by atoms with Crippen molar-refractivity contribution in [2.45, 2.75) is 13.5 Å². The van der Waals surface area contributed by atoms with Crippen molar-refractivity contribution in [2.24, 2.45) is 5.41 Å². The van der Waals surface area contributed by atoms with Crippen LogP contribution in [0.5, 0.6) is 0 Å². The van der Waals surface area contributed by atoms with Gasteiger partial charge in [0.2, 0.25) is 0 Å². The normalized spacial score (nSPS) is 18.5. The van der Waals surface area contributed by atoms with Gasteiger partial charge >= 0.3 is 0 Å². The minimum atomic E-state index is 0.223. The predicted molar refractivity (Wildman–Crippen MR) is 59.4 cm³/mol. The summed E-state index contributed by atoms with van der Waals surface area (Å²) >= 11 is 0. The molecule has 82 valence electrons. The standard InChI is InChI=1S/C12H17NO2/c1-12(8-15-9-12)7-14-6-10-3-2-4-11(13)5-10/h2-5H,6-9,13H2,1H3. The van der Waals surface area contributed by atoms with Crippen molar-refractivity contribution in [1.82, 2.24) is 0 Å². The fraction of sp³-hybridized carbons (Fsp3) is 0.500. The maximum atomic E-state index is 5.68. The lowest BCUT2D eigenvalue weighted by Gasteiger charge is -2.37. The van der Waals surface area contributed by atoms with Gasteiger partial charge in [-0.3, -0.25) is 0 Å². The number of ether oxygens (including phenoxy) is 2. The molecular formula is C12H17NO2. The Hall–Kier alpha value is -1.06. The molecule has 0 unspecified atom stereocenters. The number of anilines is 1. The number of rotatable bonds is 4. The van der Waals surface area contributed by atoms with Gasteiger partial charge in [0.05, 0.1) is 26.4 Å². The molecular weight excluding hydrogens is 190 g/mol. The molecule has 0 bridgehead atoms. The zero-order valence-corrected chi connectivity index (χ0v) is 9.03. The van der Waals surface area contributed by atoms with E-state index in [1.807, 2.05) is 24.3 Å². The molecule has 3 nitrogen and oxygen atoms in total. The van der Waals surface area contributed by atoms with E-state index >= 15 is 0 Å². The molecule has 1 aliphatic heterocycles. The van der Waals surface area contributed by atoms with Crippen molar-refractivity contribution in [1.29, 1.82) is 0 Å². The highest BCUT2D eigenvalue weighted by Gasteiger charge is 2.33. The lowest BCUT2D eigenvalue weighted by molar-refractivity contribution is -0.140. The van der Waals surface area contributed by atoms with Gasteiger partial charge in [-0.1, -0.05) is 19.1 Å². The topological polar surface area (TPSA) is 44.5 Å². The second-order valence-electron chi connectivity index (χ2n) is 4.54. The Labute approximate surface area is 90.2 Å². The maximum absolute atomic E-state index is 5.68. The molecule has 0 amide bonds. The molecule has 1 fully saturated rings. The summed E-state index contributed by atoms with van der Waals surface area (Å²) in [7, 11) is 0. The monoisotopic (exact) mass is 207 g/mol. The van der Waals surface area contributed by atoms with E-state index in [4.69, 9.17) is 15.2 Å². The number of benzene rings is 1. The Morgan fingerprint density at radius 1 is 1.47 bits per heavy atom. The van der Waals surface area contributed by atoms with E-state index in [0.29, 0.717) is 6.61 Å². The molecule has 0 radical (unpaired) electrons. The molecule has 1 aliphatic rings. The fourth-order valence-electron chi connectivity index (χ4n) is 1.63. The van der Waals surface area contributed by atoms with E-state index in [-0.39, 0.29) is 5.41 Å². The molecule has 1 heterocycles. The minimum Gasteiger partial charge on any atom is -0.399 e. The van der Waals surface area contributed by atoms with Gasteiger partial charge in [0.1, 0.15) is 0 Å². The van der Waals surface area contributed by atoms with Crippen LogP contribution < -0.4 is 5.73 Å². The third-order valence-electron chi connectivity index (χ3n) is 2.57. The van der Waals surface area contributed by atoms with Crippen LogP contribution in [0.25, 0.3) is 0 Å². The Bertz CT molecular complexity index is 334. The highest BCUT2D eigenvalue weighted by molar-refractivity contribution is 5.40. The third-order valence-corrected chi connectivity index (χ3v) is 2.57. The molecule has 0 atom stereocenters. The summed E-state index contributed by atoms with van der Waals surface area (Å²) in [6, 6.07) is 7.79. The molecule has 0 aromatic heterocycles. The molecule has 3 heteroatoms. The molecule has 0 spiro atoms. The molecule has 1 aromatic carbocycles. The first-order chi connectivity index (χ1) is 7.18. The maximum Gasteiger partial charge on any atom is 0.0717 e. The third kappa shape index (κ3) is 2.70. The van der Waals surface area contributed by atoms with Crippen LogP contribution in [0.2, 0.25) is 0 Å². The summed E-state index contributed by atoms with van der Waals surface area (Å²) in [5.41, 5.74) is 7.81. The Kier molecular flexibility index (Phi) is 2.93. The minimum absolute atomic E-state index is 0.223. The molecule has 2 N–H and O–H groups in total. The first kappa shape index (κ1) is 10.5. The molecule has 0 aliphatic carbocycles. The summed E-state index contributed by atoms with van der Waals surface area (Å²) in [6.45, 7) is 5.17. The van der Waals surface area contributed by atoms with Gasteiger partial charge in [0, 0.05) is 11.1 Å². The summed E-state index contributed by atoms with van der Waals surface area (Å²) in [5, 5.41) is 0. The highest BCUT2D eigenvalue weighted by atomic mass is 16.5. The van der Waals surface area contributed by atoms with Crippen LogP contribution in [0.1, 0.15) is 12.5 Å². The van der Waals surface area contributed by atoms with Crippen molar-refractivity contribution in [2.75, 3.05) is 25.6 Å². The van der Waals surface area contributed by atoms with Gasteiger partial charge < -0.3 is 15.2 Å². The van der Waals surface area contributed by atoms with Crippen molar-refractivity contribution in [3.8, 4) is 0 Å². The first-order valence-corrected chi connectivity index (χ1v) is 5.18. The summed E-state index contributed by atoms with van der Waals surface area (Å²) in [5.74, 6) is 0. The lowest BCUT2D eigenvalue weighted by Crippen LogP contribution is -2.43. The van der Waals surface area contributed by atoms with Crippen LogP contribution in [-0.2, 0) is 16.1 Å². The number of nitrogen functional groups attached to an aromatic ring is 1. The smallest absolute Gasteiger partial charge is 0.0717 e. The number of hydrogen-bond acceptors (Lipinski definition) is 3. The van der Waals surface area contributed by atoms with E-state index < -0.39 is 0 Å². The van der Waals surface area contributed by atoms with Crippen LogP contribution in [0.15, 0.2) is 24.3 Å². The van der Waals surface area contributed by atoms with Crippen LogP contribution >= 0.6 is 0 Å². The van der Waals surface area contributed by atoms with Gasteiger partial charge in [-0.15, -0.1) is 0 Å². The Morgan fingerprint density at radius 2 is 2.27 bits per heavy atom. The zero-order chi connectivity index (χ0) is 10.7. The summed E-state index contributed by atoms with van der Waals surface area (Å²) < 4.78 is 10.8. The molecule has 15 heavy (non-hydrogen) atoms. The van der Waals surface area contributed by atoms with Crippen molar-refractivity contribution >= 4 is 5.69 Å². The average molecular weight is 207 g/mol. The van der Waals surface area contributed by atoms with Gasteiger partial charge in [-0.2, -0.15) is 0 Å². The van der Waals surface area contributed by atoms with E-state index in [2.05, 4.69) is 6.92 Å². The number of nitrogens with two attached hydrogens (primary N) is 1. The van der Waals surface area contributed by atoms with Crippen LogP contribution in [-0.4, -0.2) is 19.8 Å². The molecule has 1 aromatic rings. The van der Waals surface area contributed by atoms with E-state index in [9.17, 15) is 0 Å². The van der Waals surface area contributed by atoms with Gasteiger partial charge in [0.25, 0.3) is 0 Å². The van der Waals surface area contributed by atoms with E-state index in [1.54, 1.807) is 0 Å². The highest BCUT2D eigenvalue weighted by Crippen LogP contribution is 2.26. The van der Waals surface area contributed by atoms with E-state index in [0.717, 1.165) is 31.1 Å². The van der Waals surface area contributed by atoms with Gasteiger partial charge in [-0.05, 0) is 17.7 Å². The molecule has 0 saturated carbocycles. The summed E-state index contributed by atoms with van der Waals surface area (Å²) in [4.78, 5) is 0. The molecule has 1 saturated heterocycles. The van der Waals surface area contributed by atoms with Crippen LogP contribution in [0, 0.1) is 5.41 Å². The van der Waals surface area contributed by atoms with Crippen molar-refractivity contribution < 1.29 is 9.47 Å². The SMILES string of the molecule is CC1(COCc2cccc(N)c2)COC1. The fourth-order valence-corrected chi connectivity index (χ4v) is 1.63. The Balaban J connectivity index is 1.78. The van der Waals surface area contributed by atoms with Crippen LogP contribution in [0.3, 0.4) is 0 Å². The largest absolute Gasteiger partial charge is 0.399 e. The van der Waals surface area contributed by atoms with Gasteiger partial charge in [0.15, 0.2) is 0 Å².